The Bertz CT molecular complexity index is 424. The summed E-state index contributed by atoms with van der Waals surface area (Å²) in [5.41, 5.74) is 6.76. The number of hydrogen-bond acceptors (Lipinski definition) is 0. The van der Waals surface area contributed by atoms with Crippen LogP contribution >= 0.6 is 27.9 Å². The van der Waals surface area contributed by atoms with Crippen LogP contribution in [0.25, 0.3) is 0 Å². The molecule has 0 bridgehead atoms. The molecule has 0 aliphatic heterocycles. The molecule has 1 aromatic carbocycles. The summed E-state index contributed by atoms with van der Waals surface area (Å²) in [6.07, 6.45) is 5.51. The summed E-state index contributed by atoms with van der Waals surface area (Å²) in [4.78, 5) is 0. The summed E-state index contributed by atoms with van der Waals surface area (Å²) in [6, 6.07) is 5.29. The Hall–Kier alpha value is 1.15. The van der Waals surface area contributed by atoms with E-state index in [0.717, 1.165) is 0 Å². The van der Waals surface area contributed by atoms with E-state index >= 15 is 0 Å². The van der Waals surface area contributed by atoms with Crippen LogP contribution in [0.15, 0.2) is 6.07 Å². The van der Waals surface area contributed by atoms with Crippen LogP contribution in [0.1, 0.15) is 42.0 Å². The Morgan fingerprint density at radius 3 is 2.30 bits per heavy atom. The molecule has 0 atom stereocenters. The molecule has 2 rings (SSSR count). The van der Waals surface area contributed by atoms with Gasteiger partial charge in [-0.2, -0.15) is 22.3 Å². The minimum atomic E-state index is -1.92. The summed E-state index contributed by atoms with van der Waals surface area (Å²) < 4.78 is 0. The van der Waals surface area contributed by atoms with E-state index in [1.54, 1.807) is 22.3 Å². The van der Waals surface area contributed by atoms with Crippen molar-refractivity contribution in [2.24, 2.45) is 0 Å². The van der Waals surface area contributed by atoms with Crippen LogP contribution in [-0.4, -0.2) is 8.07 Å². The van der Waals surface area contributed by atoms with Gasteiger partial charge in [0.1, 0.15) is 0 Å². The molecular weight excluding hydrogens is 362 g/mol. The second-order valence-corrected chi connectivity index (χ2v) is 19.6. The fourth-order valence-electron chi connectivity index (χ4n) is 2.87. The molecule has 0 aromatic heterocycles. The van der Waals surface area contributed by atoms with Gasteiger partial charge < -0.3 is 0 Å². The third kappa shape index (κ3) is 6.10. The Kier molecular flexibility index (Phi) is 8.35. The van der Waals surface area contributed by atoms with Crippen molar-refractivity contribution in [1.82, 2.24) is 0 Å². The molecule has 0 N–H and O–H groups in total. The van der Waals surface area contributed by atoms with E-state index in [0.29, 0.717) is 0 Å². The SMILES string of the molecule is CC[Si](C)(C)C[c-]1c(C)cc2c1CCCC2.[Cl][Ti+]([Cl])[Cl]. The molecule has 0 saturated heterocycles. The Balaban J connectivity index is 0.000000444. The van der Waals surface area contributed by atoms with Crippen molar-refractivity contribution in [3.05, 3.63) is 28.3 Å². The first kappa shape index (κ1) is 19.2. The molecule has 0 heterocycles. The molecule has 0 unspecified atom stereocenters. The van der Waals surface area contributed by atoms with Crippen molar-refractivity contribution in [3.63, 3.8) is 0 Å². The Labute approximate surface area is 143 Å². The standard InChI is InChI=1S/C15H25Si.3ClH.Ti/c1-5-16(3,4)11-15-12(2)10-13-8-6-7-9-14(13)15;;;;/h10H,5-9,11H2,1-4H3;3*1H;/q-1;;;;+4/p-3. The van der Waals surface area contributed by atoms with E-state index in [1.165, 1.54) is 37.8 Å². The van der Waals surface area contributed by atoms with Gasteiger partial charge >= 0.3 is 42.6 Å². The second-order valence-electron chi connectivity index (χ2n) is 6.43. The molecule has 0 fully saturated rings. The van der Waals surface area contributed by atoms with Crippen molar-refractivity contribution in [2.75, 3.05) is 0 Å². The number of rotatable bonds is 3. The molecule has 0 saturated carbocycles. The fraction of sp³-hybridized carbons (Fsp3) is 0.667. The van der Waals surface area contributed by atoms with Gasteiger partial charge in [0.15, 0.2) is 0 Å². The molecule has 0 nitrogen and oxygen atoms in total. The van der Waals surface area contributed by atoms with Crippen molar-refractivity contribution in [2.45, 2.75) is 64.7 Å². The fourth-order valence-corrected chi connectivity index (χ4v) is 4.57. The van der Waals surface area contributed by atoms with Gasteiger partial charge in [0.25, 0.3) is 0 Å². The van der Waals surface area contributed by atoms with Gasteiger partial charge in [-0.1, -0.05) is 64.7 Å². The van der Waals surface area contributed by atoms with Gasteiger partial charge in [-0.05, 0) is 0 Å². The van der Waals surface area contributed by atoms with Gasteiger partial charge in [-0.3, -0.25) is 0 Å². The summed E-state index contributed by atoms with van der Waals surface area (Å²) in [7, 11) is 13.9. The minimum absolute atomic E-state index is 0.972. The molecule has 1 aliphatic rings. The average Bonchev–Trinajstić information content (AvgIpc) is 2.65. The van der Waals surface area contributed by atoms with E-state index in [1.807, 2.05) is 0 Å². The number of halogens is 3. The zero-order chi connectivity index (χ0) is 15.3. The first-order valence-corrected chi connectivity index (χ1v) is 17.2. The second kappa shape index (κ2) is 8.70. The molecule has 1 aliphatic carbocycles. The molecule has 20 heavy (non-hydrogen) atoms. The van der Waals surface area contributed by atoms with Crippen LogP contribution in [0.3, 0.4) is 0 Å². The van der Waals surface area contributed by atoms with Crippen LogP contribution in [0.2, 0.25) is 19.1 Å². The molecule has 114 valence electrons. The van der Waals surface area contributed by atoms with Gasteiger partial charge in [-0.15, -0.1) is 0 Å². The monoisotopic (exact) mass is 386 g/mol. The molecule has 0 radical (unpaired) electrons. The van der Waals surface area contributed by atoms with Crippen molar-refractivity contribution >= 4 is 36.0 Å². The predicted octanol–water partition coefficient (Wildman–Crippen LogP) is 6.47. The van der Waals surface area contributed by atoms with Crippen LogP contribution in [0, 0.1) is 6.92 Å². The third-order valence-corrected chi connectivity index (χ3v) is 7.58. The average molecular weight is 388 g/mol. The van der Waals surface area contributed by atoms with Crippen LogP contribution in [-0.2, 0) is 33.6 Å². The zero-order valence-electron chi connectivity index (χ0n) is 13.0. The maximum absolute atomic E-state index is 4.97. The van der Waals surface area contributed by atoms with E-state index < -0.39 is 22.8 Å². The number of aryl methyl sites for hydroxylation is 2. The van der Waals surface area contributed by atoms with Crippen molar-refractivity contribution in [1.29, 1.82) is 0 Å². The number of hydrogen-bond donors (Lipinski definition) is 0. The van der Waals surface area contributed by atoms with Crippen molar-refractivity contribution < 1.29 is 14.7 Å². The van der Waals surface area contributed by atoms with E-state index in [9.17, 15) is 0 Å². The maximum atomic E-state index is 4.97. The van der Waals surface area contributed by atoms with Crippen LogP contribution in [0.5, 0.6) is 0 Å². The van der Waals surface area contributed by atoms with Gasteiger partial charge in [0.05, 0.1) is 0 Å². The van der Waals surface area contributed by atoms with Crippen LogP contribution in [0.4, 0.5) is 0 Å². The number of fused-ring (bicyclic) bond motifs is 1. The molecule has 0 spiro atoms. The van der Waals surface area contributed by atoms with E-state index in [-0.39, 0.29) is 0 Å². The van der Waals surface area contributed by atoms with Gasteiger partial charge in [0, 0.05) is 8.07 Å². The quantitative estimate of drug-likeness (QED) is 0.412. The molecule has 0 amide bonds. The summed E-state index contributed by atoms with van der Waals surface area (Å²) in [6.45, 7) is 9.77. The Morgan fingerprint density at radius 1 is 1.20 bits per heavy atom. The summed E-state index contributed by atoms with van der Waals surface area (Å²) in [5, 5.41) is 0. The van der Waals surface area contributed by atoms with Crippen molar-refractivity contribution in [3.8, 4) is 0 Å². The van der Waals surface area contributed by atoms with Gasteiger partial charge in [-0.25, -0.2) is 6.07 Å². The predicted molar refractivity (Wildman–Crippen MR) is 92.6 cm³/mol. The summed E-state index contributed by atoms with van der Waals surface area (Å²) in [5.74, 6) is 0. The first-order chi connectivity index (χ1) is 9.26. The topological polar surface area (TPSA) is 0 Å². The molecule has 5 heteroatoms. The Morgan fingerprint density at radius 2 is 1.75 bits per heavy atom. The van der Waals surface area contributed by atoms with E-state index in [4.69, 9.17) is 27.9 Å². The molecule has 1 aromatic rings. The van der Waals surface area contributed by atoms with E-state index in [2.05, 4.69) is 33.0 Å². The summed E-state index contributed by atoms with van der Waals surface area (Å²) >= 11 is -1.92. The first-order valence-electron chi connectivity index (χ1n) is 7.37. The zero-order valence-corrected chi connectivity index (χ0v) is 17.8. The third-order valence-electron chi connectivity index (χ3n) is 4.35. The van der Waals surface area contributed by atoms with Crippen LogP contribution < -0.4 is 0 Å². The molecular formula is C15H25Cl3SiTi. The van der Waals surface area contributed by atoms with Gasteiger partial charge in [0.2, 0.25) is 0 Å². The normalized spacial score (nSPS) is 14.3.